The number of hydrogen-bond acceptors (Lipinski definition) is 7. The lowest BCUT2D eigenvalue weighted by Gasteiger charge is -2.24. The molecule has 0 aliphatic heterocycles. The van der Waals surface area contributed by atoms with Gasteiger partial charge in [0.25, 0.3) is 0 Å². The molecule has 0 radical (unpaired) electrons. The molecule has 0 rings (SSSR count). The molecule has 0 aliphatic rings. The zero-order chi connectivity index (χ0) is 41.4. The standard InChI is InChI=1S/C46H82NO8P/c1-6-8-10-12-14-16-18-20-22-23-25-26-28-30-32-34-36-38-45(48)52-42-44(43-54-56(50,51)53-41-40-47(3,4)5)55-46(49)39-37-35-33-31-29-27-24-21-19-17-15-13-11-9-7-2/h8,10,14,16-17,19-20,22,25-26,44H,6-7,9,11-13,15,18,21,23-24,27-43H2,1-5H3/p+1/b10-8-,16-14-,19-17-,22-20-,26-25-/t44-/m1/s1. The van der Waals surface area contributed by atoms with Crippen LogP contribution in [0.25, 0.3) is 0 Å². The minimum atomic E-state index is -4.38. The van der Waals surface area contributed by atoms with Crippen LogP contribution >= 0.6 is 7.82 Å². The molecule has 0 aromatic heterocycles. The first-order valence-electron chi connectivity index (χ1n) is 22.0. The minimum Gasteiger partial charge on any atom is -0.462 e. The summed E-state index contributed by atoms with van der Waals surface area (Å²) in [7, 11) is 1.45. The van der Waals surface area contributed by atoms with E-state index in [1.807, 2.05) is 21.1 Å². The van der Waals surface area contributed by atoms with Gasteiger partial charge in [-0.25, -0.2) is 4.57 Å². The summed E-state index contributed by atoms with van der Waals surface area (Å²) in [5.41, 5.74) is 0. The second-order valence-corrected chi connectivity index (χ2v) is 17.1. The van der Waals surface area contributed by atoms with Crippen molar-refractivity contribution in [3.8, 4) is 0 Å². The molecule has 9 nitrogen and oxygen atoms in total. The van der Waals surface area contributed by atoms with Crippen molar-refractivity contribution < 1.29 is 42.1 Å². The van der Waals surface area contributed by atoms with Gasteiger partial charge in [0.15, 0.2) is 6.10 Å². The number of phosphoric acid groups is 1. The van der Waals surface area contributed by atoms with Crippen molar-refractivity contribution in [2.24, 2.45) is 0 Å². The number of quaternary nitrogens is 1. The van der Waals surface area contributed by atoms with Gasteiger partial charge in [0, 0.05) is 12.8 Å². The van der Waals surface area contributed by atoms with Crippen LogP contribution in [0.1, 0.15) is 168 Å². The molecule has 324 valence electrons. The quantitative estimate of drug-likeness (QED) is 0.0215. The number of carbonyl (C=O) groups is 2. The van der Waals surface area contributed by atoms with Gasteiger partial charge in [-0.2, -0.15) is 0 Å². The number of allylic oxidation sites excluding steroid dienone is 10. The predicted octanol–water partition coefficient (Wildman–Crippen LogP) is 12.5. The van der Waals surface area contributed by atoms with Crippen molar-refractivity contribution in [3.05, 3.63) is 60.8 Å². The highest BCUT2D eigenvalue weighted by molar-refractivity contribution is 7.47. The van der Waals surface area contributed by atoms with Crippen LogP contribution in [0.2, 0.25) is 0 Å². The zero-order valence-electron chi connectivity index (χ0n) is 36.3. The predicted molar refractivity (Wildman–Crippen MR) is 233 cm³/mol. The molecule has 0 aliphatic carbocycles. The lowest BCUT2D eigenvalue weighted by molar-refractivity contribution is -0.870. The number of hydrogen-bond donors (Lipinski definition) is 1. The SMILES string of the molecule is CC/C=C\C/C=C\C/C=C\C/C=C\CCCCCCC(=O)OC[C@H](COP(=O)(O)OCC[N+](C)(C)C)OC(=O)CCCCCCCCC/C=C\CCCCCC. The van der Waals surface area contributed by atoms with Crippen LogP contribution in [-0.4, -0.2) is 74.9 Å². The molecular weight excluding hydrogens is 725 g/mol. The van der Waals surface area contributed by atoms with Crippen molar-refractivity contribution >= 4 is 19.8 Å². The van der Waals surface area contributed by atoms with E-state index in [1.54, 1.807) is 0 Å². The first kappa shape index (κ1) is 53.7. The summed E-state index contributed by atoms with van der Waals surface area (Å²) in [6.07, 6.45) is 45.5. The Labute approximate surface area is 343 Å². The Balaban J connectivity index is 4.42. The maximum Gasteiger partial charge on any atom is 0.472 e. The fourth-order valence-electron chi connectivity index (χ4n) is 5.59. The number of carbonyl (C=O) groups excluding carboxylic acids is 2. The third-order valence-corrected chi connectivity index (χ3v) is 10.0. The summed E-state index contributed by atoms with van der Waals surface area (Å²) in [6, 6.07) is 0. The number of rotatable bonds is 39. The molecule has 0 saturated carbocycles. The van der Waals surface area contributed by atoms with E-state index in [2.05, 4.69) is 74.6 Å². The summed E-state index contributed by atoms with van der Waals surface area (Å²) >= 11 is 0. The normalized spacial score (nSPS) is 14.2. The molecule has 56 heavy (non-hydrogen) atoms. The van der Waals surface area contributed by atoms with Crippen molar-refractivity contribution in [1.29, 1.82) is 0 Å². The number of unbranched alkanes of at least 4 members (excludes halogenated alkanes) is 15. The van der Waals surface area contributed by atoms with Crippen LogP contribution in [0.4, 0.5) is 0 Å². The summed E-state index contributed by atoms with van der Waals surface area (Å²) < 4.78 is 34.3. The molecule has 0 fully saturated rings. The fourth-order valence-corrected chi connectivity index (χ4v) is 6.33. The molecule has 10 heteroatoms. The van der Waals surface area contributed by atoms with E-state index < -0.39 is 32.5 Å². The van der Waals surface area contributed by atoms with E-state index in [9.17, 15) is 19.0 Å². The zero-order valence-corrected chi connectivity index (χ0v) is 37.2. The van der Waals surface area contributed by atoms with E-state index >= 15 is 0 Å². The fraction of sp³-hybridized carbons (Fsp3) is 0.739. The number of esters is 2. The average molecular weight is 809 g/mol. The minimum absolute atomic E-state index is 0.0242. The molecular formula is C46H83NO8P+. The van der Waals surface area contributed by atoms with E-state index in [0.717, 1.165) is 77.0 Å². The largest absolute Gasteiger partial charge is 0.472 e. The van der Waals surface area contributed by atoms with Gasteiger partial charge in [0.1, 0.15) is 19.8 Å². The van der Waals surface area contributed by atoms with E-state index in [-0.39, 0.29) is 26.1 Å². The van der Waals surface area contributed by atoms with Gasteiger partial charge in [0.2, 0.25) is 0 Å². The highest BCUT2D eigenvalue weighted by Gasteiger charge is 2.27. The first-order valence-corrected chi connectivity index (χ1v) is 23.5. The summed E-state index contributed by atoms with van der Waals surface area (Å²) in [4.78, 5) is 35.4. The van der Waals surface area contributed by atoms with E-state index in [1.165, 1.54) is 51.4 Å². The molecule has 0 spiro atoms. The van der Waals surface area contributed by atoms with Gasteiger partial charge in [0.05, 0.1) is 27.7 Å². The van der Waals surface area contributed by atoms with Gasteiger partial charge < -0.3 is 18.9 Å². The number of likely N-dealkylation sites (N-methyl/N-ethyl adjacent to an activating group) is 1. The highest BCUT2D eigenvalue weighted by Crippen LogP contribution is 2.43. The Kier molecular flexibility index (Phi) is 36.7. The Hall–Kier alpha value is -2.29. The third-order valence-electron chi connectivity index (χ3n) is 9.03. The summed E-state index contributed by atoms with van der Waals surface area (Å²) in [6.45, 7) is 4.25. The number of phosphoric ester groups is 1. The van der Waals surface area contributed by atoms with Crippen LogP contribution in [-0.2, 0) is 32.7 Å². The van der Waals surface area contributed by atoms with Gasteiger partial charge in [-0.1, -0.05) is 139 Å². The second kappa shape index (κ2) is 38.2. The Morgan fingerprint density at radius 1 is 0.571 bits per heavy atom. The van der Waals surface area contributed by atoms with Gasteiger partial charge in [-0.3, -0.25) is 18.6 Å². The van der Waals surface area contributed by atoms with Gasteiger partial charge >= 0.3 is 19.8 Å². The molecule has 0 saturated heterocycles. The molecule has 1 unspecified atom stereocenters. The third kappa shape index (κ3) is 41.3. The topological polar surface area (TPSA) is 108 Å². The van der Waals surface area contributed by atoms with Crippen LogP contribution in [0, 0.1) is 0 Å². The Morgan fingerprint density at radius 2 is 1.02 bits per heavy atom. The van der Waals surface area contributed by atoms with Crippen molar-refractivity contribution in [3.63, 3.8) is 0 Å². The van der Waals surface area contributed by atoms with Crippen LogP contribution < -0.4 is 0 Å². The molecule has 2 atom stereocenters. The average Bonchev–Trinajstić information content (AvgIpc) is 3.15. The Bertz CT molecular complexity index is 1140. The molecule has 0 amide bonds. The molecule has 1 N–H and O–H groups in total. The van der Waals surface area contributed by atoms with E-state index in [0.29, 0.717) is 23.9 Å². The monoisotopic (exact) mass is 809 g/mol. The molecule has 0 aromatic rings. The maximum absolute atomic E-state index is 12.7. The molecule has 0 heterocycles. The Morgan fingerprint density at radius 3 is 1.54 bits per heavy atom. The van der Waals surface area contributed by atoms with Crippen molar-refractivity contribution in [2.75, 3.05) is 47.5 Å². The van der Waals surface area contributed by atoms with Crippen LogP contribution in [0.3, 0.4) is 0 Å². The van der Waals surface area contributed by atoms with Gasteiger partial charge in [-0.15, -0.1) is 0 Å². The molecule has 0 aromatic carbocycles. The van der Waals surface area contributed by atoms with Gasteiger partial charge in [-0.05, 0) is 77.0 Å². The maximum atomic E-state index is 12.7. The smallest absolute Gasteiger partial charge is 0.462 e. The van der Waals surface area contributed by atoms with E-state index in [4.69, 9.17) is 18.5 Å². The molecule has 0 bridgehead atoms. The lowest BCUT2D eigenvalue weighted by atomic mass is 10.1. The van der Waals surface area contributed by atoms with Crippen molar-refractivity contribution in [2.45, 2.75) is 174 Å². The second-order valence-electron chi connectivity index (χ2n) is 15.7. The number of nitrogens with zero attached hydrogens (tertiary/aromatic N) is 1. The number of ether oxygens (including phenoxy) is 2. The summed E-state index contributed by atoms with van der Waals surface area (Å²) in [5.74, 6) is -0.835. The summed E-state index contributed by atoms with van der Waals surface area (Å²) in [5, 5.41) is 0. The van der Waals surface area contributed by atoms with Crippen LogP contribution in [0.5, 0.6) is 0 Å². The first-order chi connectivity index (χ1) is 27.0. The highest BCUT2D eigenvalue weighted by atomic mass is 31.2. The van der Waals surface area contributed by atoms with Crippen molar-refractivity contribution in [1.82, 2.24) is 0 Å². The lowest BCUT2D eigenvalue weighted by Crippen LogP contribution is -2.37. The van der Waals surface area contributed by atoms with Crippen LogP contribution in [0.15, 0.2) is 60.8 Å².